The lowest BCUT2D eigenvalue weighted by Gasteiger charge is -2.25. The minimum Gasteiger partial charge on any atom is -0.443 e. The van der Waals surface area contributed by atoms with E-state index in [1.807, 2.05) is 12.1 Å². The van der Waals surface area contributed by atoms with E-state index in [4.69, 9.17) is 10.5 Å². The van der Waals surface area contributed by atoms with Crippen molar-refractivity contribution in [2.75, 3.05) is 0 Å². The molecular weight excluding hydrogens is 394 g/mol. The molecule has 0 spiro atoms. The highest BCUT2D eigenvalue weighted by Gasteiger charge is 2.36. The summed E-state index contributed by atoms with van der Waals surface area (Å²) in [7, 11) is 0. The number of benzene rings is 1. The van der Waals surface area contributed by atoms with Crippen LogP contribution in [0.1, 0.15) is 18.4 Å². The summed E-state index contributed by atoms with van der Waals surface area (Å²) in [6.07, 6.45) is 0. The lowest BCUT2D eigenvalue weighted by molar-refractivity contribution is -0.394. The molecule has 0 saturated carbocycles. The van der Waals surface area contributed by atoms with Crippen LogP contribution in [0, 0.1) is 21.4 Å². The Balaban J connectivity index is 2.21. The molecule has 1 aromatic heterocycles. The van der Waals surface area contributed by atoms with Crippen LogP contribution < -0.4 is 5.73 Å². The Labute approximate surface area is 149 Å². The molecule has 2 N–H and O–H groups in total. The van der Waals surface area contributed by atoms with Gasteiger partial charge in [0.25, 0.3) is 0 Å². The molecule has 25 heavy (non-hydrogen) atoms. The molecule has 1 aliphatic rings. The van der Waals surface area contributed by atoms with E-state index < -0.39 is 16.8 Å². The summed E-state index contributed by atoms with van der Waals surface area (Å²) in [5, 5.41) is 31.2. The number of nitro groups is 1. The smallest absolute Gasteiger partial charge is 0.443 e. The molecule has 0 radical (unpaired) electrons. The number of ether oxygens (including phenoxy) is 1. The van der Waals surface area contributed by atoms with Crippen molar-refractivity contribution in [1.82, 2.24) is 20.2 Å². The van der Waals surface area contributed by atoms with Gasteiger partial charge in [-0.2, -0.15) is 5.26 Å². The Hall–Kier alpha value is -3.26. The fraction of sp³-hybridized carbons (Fsp3) is 0.143. The molecule has 126 valence electrons. The van der Waals surface area contributed by atoms with E-state index in [9.17, 15) is 15.4 Å². The Bertz CT molecular complexity index is 973. The molecule has 11 heteroatoms. The molecule has 0 amide bonds. The van der Waals surface area contributed by atoms with Crippen LogP contribution >= 0.6 is 15.9 Å². The number of hydrogen-bond acceptors (Lipinski definition) is 8. The van der Waals surface area contributed by atoms with Crippen LogP contribution in [0.4, 0.5) is 5.95 Å². The number of aromatic nitrogens is 4. The average molecular weight is 404 g/mol. The van der Waals surface area contributed by atoms with Gasteiger partial charge in [0.2, 0.25) is 5.88 Å². The number of tetrazole rings is 1. The molecule has 0 bridgehead atoms. The van der Waals surface area contributed by atoms with Gasteiger partial charge < -0.3 is 20.6 Å². The Kier molecular flexibility index (Phi) is 4.20. The zero-order chi connectivity index (χ0) is 18.1. The lowest BCUT2D eigenvalue weighted by Crippen LogP contribution is -2.23. The summed E-state index contributed by atoms with van der Waals surface area (Å²) in [6, 6.07) is 9.25. The van der Waals surface area contributed by atoms with Gasteiger partial charge in [0, 0.05) is 4.47 Å². The van der Waals surface area contributed by atoms with Crippen LogP contribution in [0.5, 0.6) is 0 Å². The standard InChI is InChI=1S/C14H10BrN7O3/c1-7-12(21-19-14(18-20-21)22(23)24)11(10(6-16)13(17)25-7)8-3-2-4-9(15)5-8/h2-5,11H,17H2,1H3/t11-/m0/s1. The number of hydrogen-bond donors (Lipinski definition) is 1. The zero-order valence-corrected chi connectivity index (χ0v) is 14.3. The highest BCUT2D eigenvalue weighted by molar-refractivity contribution is 9.10. The second kappa shape index (κ2) is 6.33. The highest BCUT2D eigenvalue weighted by Crippen LogP contribution is 2.41. The average Bonchev–Trinajstić information content (AvgIpc) is 3.04. The summed E-state index contributed by atoms with van der Waals surface area (Å²) in [4.78, 5) is 11.1. The van der Waals surface area contributed by atoms with E-state index in [1.54, 1.807) is 25.1 Å². The van der Waals surface area contributed by atoms with Gasteiger partial charge in [0.05, 0.1) is 21.3 Å². The summed E-state index contributed by atoms with van der Waals surface area (Å²) in [6.45, 7) is 1.61. The maximum atomic E-state index is 10.8. The minimum absolute atomic E-state index is 0.0386. The van der Waals surface area contributed by atoms with Gasteiger partial charge in [-0.25, -0.2) is 0 Å². The van der Waals surface area contributed by atoms with E-state index >= 15 is 0 Å². The monoisotopic (exact) mass is 403 g/mol. The molecule has 0 unspecified atom stereocenters. The van der Waals surface area contributed by atoms with Crippen LogP contribution in [0.2, 0.25) is 0 Å². The lowest BCUT2D eigenvalue weighted by atomic mass is 9.87. The predicted octanol–water partition coefficient (Wildman–Crippen LogP) is 2.04. The summed E-state index contributed by atoms with van der Waals surface area (Å²) < 4.78 is 6.21. The van der Waals surface area contributed by atoms with E-state index in [1.165, 1.54) is 0 Å². The first-order valence-electron chi connectivity index (χ1n) is 6.91. The van der Waals surface area contributed by atoms with Crippen molar-refractivity contribution < 1.29 is 9.66 Å². The number of allylic oxidation sites excluding steroid dienone is 3. The van der Waals surface area contributed by atoms with Crippen LogP contribution in [0.15, 0.2) is 46.0 Å². The van der Waals surface area contributed by atoms with Gasteiger partial charge in [-0.15, -0.1) is 0 Å². The molecule has 3 rings (SSSR count). The molecule has 0 aliphatic carbocycles. The van der Waals surface area contributed by atoms with Gasteiger partial charge in [-0.1, -0.05) is 32.9 Å². The topological polar surface area (TPSA) is 146 Å². The van der Waals surface area contributed by atoms with Crippen molar-refractivity contribution in [2.45, 2.75) is 12.8 Å². The maximum absolute atomic E-state index is 10.8. The van der Waals surface area contributed by atoms with Crippen molar-refractivity contribution in [3.63, 3.8) is 0 Å². The molecule has 1 aliphatic heterocycles. The molecule has 10 nitrogen and oxygen atoms in total. The van der Waals surface area contributed by atoms with Gasteiger partial charge in [0.15, 0.2) is 0 Å². The quantitative estimate of drug-likeness (QED) is 0.604. The Morgan fingerprint density at radius 3 is 2.88 bits per heavy atom. The van der Waals surface area contributed by atoms with Gasteiger partial charge in [-0.05, 0) is 29.5 Å². The predicted molar refractivity (Wildman–Crippen MR) is 88.2 cm³/mol. The van der Waals surface area contributed by atoms with Crippen LogP contribution in [-0.4, -0.2) is 25.1 Å². The number of halogens is 1. The molecular formula is C14H10BrN7O3. The third-order valence-electron chi connectivity index (χ3n) is 3.54. The third kappa shape index (κ3) is 2.94. The largest absolute Gasteiger partial charge is 0.515 e. The van der Waals surface area contributed by atoms with Crippen LogP contribution in [-0.2, 0) is 4.74 Å². The first-order valence-corrected chi connectivity index (χ1v) is 7.70. The third-order valence-corrected chi connectivity index (χ3v) is 4.03. The fourth-order valence-electron chi connectivity index (χ4n) is 2.52. The number of nitriles is 1. The SMILES string of the molecule is CC1=C(n2nnc([N+](=O)[O-])n2)[C@@H](c2cccc(Br)c2)C(C#N)=C(N)O1. The molecule has 0 fully saturated rings. The second-order valence-corrected chi connectivity index (χ2v) is 5.97. The molecule has 2 aromatic rings. The van der Waals surface area contributed by atoms with Crippen LogP contribution in [0.25, 0.3) is 5.70 Å². The normalized spacial score (nSPS) is 17.2. The zero-order valence-electron chi connectivity index (χ0n) is 12.8. The van der Waals surface area contributed by atoms with E-state index in [0.29, 0.717) is 17.0 Å². The molecule has 2 heterocycles. The second-order valence-electron chi connectivity index (χ2n) is 5.06. The van der Waals surface area contributed by atoms with Crippen molar-refractivity contribution in [2.24, 2.45) is 5.73 Å². The summed E-state index contributed by atoms with van der Waals surface area (Å²) >= 11 is 3.38. The number of nitrogens with zero attached hydrogens (tertiary/aromatic N) is 6. The first-order chi connectivity index (χ1) is 11.9. The van der Waals surface area contributed by atoms with E-state index in [2.05, 4.69) is 31.3 Å². The van der Waals surface area contributed by atoms with Crippen molar-refractivity contribution >= 4 is 27.6 Å². The highest BCUT2D eigenvalue weighted by atomic mass is 79.9. The minimum atomic E-state index is -0.757. The van der Waals surface area contributed by atoms with E-state index in [0.717, 1.165) is 9.27 Å². The van der Waals surface area contributed by atoms with E-state index in [-0.39, 0.29) is 11.5 Å². The van der Waals surface area contributed by atoms with Gasteiger partial charge >= 0.3 is 5.95 Å². The van der Waals surface area contributed by atoms with Gasteiger partial charge in [-0.3, -0.25) is 0 Å². The Morgan fingerprint density at radius 2 is 2.28 bits per heavy atom. The molecule has 0 saturated heterocycles. The van der Waals surface area contributed by atoms with Crippen molar-refractivity contribution in [1.29, 1.82) is 5.26 Å². The van der Waals surface area contributed by atoms with Crippen molar-refractivity contribution in [3.05, 3.63) is 61.6 Å². The van der Waals surface area contributed by atoms with Gasteiger partial charge in [0.1, 0.15) is 23.1 Å². The maximum Gasteiger partial charge on any atom is 0.515 e. The van der Waals surface area contributed by atoms with Crippen LogP contribution in [0.3, 0.4) is 0 Å². The van der Waals surface area contributed by atoms with Crippen molar-refractivity contribution in [3.8, 4) is 6.07 Å². The summed E-state index contributed by atoms with van der Waals surface area (Å²) in [5.74, 6) is -1.04. The summed E-state index contributed by atoms with van der Waals surface area (Å²) in [5.41, 5.74) is 7.04. The first kappa shape index (κ1) is 16.6. The fourth-order valence-corrected chi connectivity index (χ4v) is 2.94. The number of nitrogens with two attached hydrogens (primary N) is 1. The molecule has 1 aromatic carbocycles. The Morgan fingerprint density at radius 1 is 1.52 bits per heavy atom. The number of rotatable bonds is 3. The molecule has 1 atom stereocenters.